The standard InChI is InChI=1S/C19H27N2O5PS/c1-19(2)12-8-9-13-21(19)18(27(22,25-3)26-4)14-17(15-20)28(23,24)16-10-6-5-7-11-16/h5-7,10-11,14,18H,8-9,12-13H2,1-4H3/b17-14+. The number of benzene rings is 1. The molecule has 0 bridgehead atoms. The molecule has 0 spiro atoms. The number of rotatable bonds is 7. The van der Waals surface area contributed by atoms with Crippen molar-refractivity contribution in [2.45, 2.75) is 49.3 Å². The first kappa shape index (κ1) is 22.8. The Hall–Kier alpha value is -1.49. The molecule has 1 saturated heterocycles. The molecule has 9 heteroatoms. The summed E-state index contributed by atoms with van der Waals surface area (Å²) in [5.74, 6) is -0.995. The summed E-state index contributed by atoms with van der Waals surface area (Å²) in [5, 5.41) is 9.62. The second kappa shape index (κ2) is 8.89. The Bertz CT molecular complexity index is 898. The van der Waals surface area contributed by atoms with Crippen LogP contribution in [-0.4, -0.2) is 45.4 Å². The maximum absolute atomic E-state index is 13.3. The van der Waals surface area contributed by atoms with E-state index in [9.17, 15) is 18.2 Å². The van der Waals surface area contributed by atoms with Crippen molar-refractivity contribution in [1.29, 1.82) is 5.26 Å². The van der Waals surface area contributed by atoms with Crippen LogP contribution < -0.4 is 0 Å². The molecule has 0 aliphatic carbocycles. The first-order valence-corrected chi connectivity index (χ1v) is 12.1. The lowest BCUT2D eigenvalue weighted by Crippen LogP contribution is -2.52. The Balaban J connectivity index is 2.63. The molecule has 1 aliphatic heterocycles. The number of likely N-dealkylation sites (tertiary alicyclic amines) is 1. The van der Waals surface area contributed by atoms with Crippen LogP contribution in [0.15, 0.2) is 46.2 Å². The lowest BCUT2D eigenvalue weighted by molar-refractivity contribution is 0.0636. The van der Waals surface area contributed by atoms with Crippen molar-refractivity contribution in [1.82, 2.24) is 4.90 Å². The van der Waals surface area contributed by atoms with E-state index in [0.717, 1.165) is 19.3 Å². The van der Waals surface area contributed by atoms with Crippen molar-refractivity contribution in [2.75, 3.05) is 20.8 Å². The van der Waals surface area contributed by atoms with E-state index in [1.54, 1.807) is 24.3 Å². The molecule has 1 aliphatic rings. The van der Waals surface area contributed by atoms with Crippen molar-refractivity contribution in [3.05, 3.63) is 41.3 Å². The van der Waals surface area contributed by atoms with Crippen molar-refractivity contribution < 1.29 is 22.0 Å². The van der Waals surface area contributed by atoms with Gasteiger partial charge >= 0.3 is 7.60 Å². The van der Waals surface area contributed by atoms with Gasteiger partial charge in [0, 0.05) is 19.8 Å². The van der Waals surface area contributed by atoms with Crippen molar-refractivity contribution in [3.8, 4) is 6.07 Å². The number of hydrogen-bond acceptors (Lipinski definition) is 7. The minimum absolute atomic E-state index is 0.00382. The van der Waals surface area contributed by atoms with Crippen LogP contribution in [0.5, 0.6) is 0 Å². The largest absolute Gasteiger partial charge is 0.351 e. The Morgan fingerprint density at radius 1 is 1.25 bits per heavy atom. The van der Waals surface area contributed by atoms with E-state index >= 15 is 0 Å². The Kier molecular flexibility index (Phi) is 7.24. The van der Waals surface area contributed by atoms with E-state index in [1.165, 1.54) is 32.4 Å². The average Bonchev–Trinajstić information content (AvgIpc) is 2.69. The maximum Gasteiger partial charge on any atom is 0.351 e. The van der Waals surface area contributed by atoms with Crippen LogP contribution in [0.4, 0.5) is 0 Å². The lowest BCUT2D eigenvalue weighted by atomic mass is 9.90. The normalized spacial score (nSPS) is 19.8. The molecule has 1 unspecified atom stereocenters. The zero-order valence-corrected chi connectivity index (χ0v) is 18.4. The number of nitriles is 1. The fraction of sp³-hybridized carbons (Fsp3) is 0.526. The van der Waals surface area contributed by atoms with E-state index in [4.69, 9.17) is 9.05 Å². The predicted octanol–water partition coefficient (Wildman–Crippen LogP) is 3.94. The van der Waals surface area contributed by atoms with Crippen LogP contribution in [0.2, 0.25) is 0 Å². The Labute approximate surface area is 167 Å². The summed E-state index contributed by atoms with van der Waals surface area (Å²) < 4.78 is 49.7. The maximum atomic E-state index is 13.3. The fourth-order valence-corrected chi connectivity index (χ4v) is 6.45. The summed E-state index contributed by atoms with van der Waals surface area (Å²) in [6.07, 6.45) is 3.95. The van der Waals surface area contributed by atoms with Crippen LogP contribution >= 0.6 is 7.60 Å². The van der Waals surface area contributed by atoms with Crippen LogP contribution in [-0.2, 0) is 23.4 Å². The van der Waals surface area contributed by atoms with E-state index < -0.39 is 28.1 Å². The minimum Gasteiger partial charge on any atom is -0.311 e. The van der Waals surface area contributed by atoms with Crippen molar-refractivity contribution >= 4 is 17.4 Å². The number of piperidine rings is 1. The second-order valence-corrected chi connectivity index (χ2v) is 11.5. The van der Waals surface area contributed by atoms with E-state index in [1.807, 2.05) is 18.7 Å². The first-order chi connectivity index (χ1) is 13.1. The van der Waals surface area contributed by atoms with Gasteiger partial charge in [-0.2, -0.15) is 5.26 Å². The quantitative estimate of drug-likeness (QED) is 0.481. The third-order valence-corrected chi connectivity index (χ3v) is 8.91. The topological polar surface area (TPSA) is 96.7 Å². The molecule has 0 radical (unpaired) electrons. The smallest absolute Gasteiger partial charge is 0.311 e. The molecule has 1 heterocycles. The van der Waals surface area contributed by atoms with Crippen LogP contribution in [0.3, 0.4) is 0 Å². The molecule has 0 N–H and O–H groups in total. The van der Waals surface area contributed by atoms with Gasteiger partial charge in [0.15, 0.2) is 0 Å². The fourth-order valence-electron chi connectivity index (χ4n) is 3.47. The third-order valence-electron chi connectivity index (χ3n) is 5.12. The van der Waals surface area contributed by atoms with Crippen LogP contribution in [0.25, 0.3) is 0 Å². The minimum atomic E-state index is -4.06. The van der Waals surface area contributed by atoms with Gasteiger partial charge < -0.3 is 9.05 Å². The molecule has 1 aromatic carbocycles. The summed E-state index contributed by atoms with van der Waals surface area (Å²) >= 11 is 0. The molecule has 1 fully saturated rings. The summed E-state index contributed by atoms with van der Waals surface area (Å²) in [4.78, 5) is 1.45. The monoisotopic (exact) mass is 426 g/mol. The molecule has 0 amide bonds. The van der Waals surface area contributed by atoms with Gasteiger partial charge in [-0.15, -0.1) is 0 Å². The summed E-state index contributed by atoms with van der Waals surface area (Å²) in [5.41, 5.74) is -0.358. The highest BCUT2D eigenvalue weighted by molar-refractivity contribution is 7.95. The average molecular weight is 426 g/mol. The summed E-state index contributed by atoms with van der Waals surface area (Å²) in [6.45, 7) is 4.59. The van der Waals surface area contributed by atoms with Crippen LogP contribution in [0.1, 0.15) is 33.1 Å². The SMILES string of the molecule is COP(=O)(OC)C(/C=C(\C#N)S(=O)(=O)c1ccccc1)N1CCCCC1(C)C. The number of nitrogens with zero attached hydrogens (tertiary/aromatic N) is 2. The molecule has 1 atom stereocenters. The highest BCUT2D eigenvalue weighted by Gasteiger charge is 2.45. The molecule has 1 aromatic rings. The van der Waals surface area contributed by atoms with E-state index in [0.29, 0.717) is 6.54 Å². The van der Waals surface area contributed by atoms with Crippen molar-refractivity contribution in [3.63, 3.8) is 0 Å². The highest BCUT2D eigenvalue weighted by atomic mass is 32.2. The zero-order chi connectivity index (χ0) is 21.0. The zero-order valence-electron chi connectivity index (χ0n) is 16.7. The number of sulfone groups is 1. The van der Waals surface area contributed by atoms with Gasteiger partial charge in [0.1, 0.15) is 16.8 Å². The molecule has 28 heavy (non-hydrogen) atoms. The summed E-state index contributed by atoms with van der Waals surface area (Å²) in [6, 6.07) is 9.48. The van der Waals surface area contributed by atoms with Crippen molar-refractivity contribution in [2.24, 2.45) is 0 Å². The van der Waals surface area contributed by atoms with E-state index in [-0.39, 0.29) is 10.4 Å². The van der Waals surface area contributed by atoms with Gasteiger partial charge in [-0.25, -0.2) is 8.42 Å². The molecule has 0 aromatic heterocycles. The first-order valence-electron chi connectivity index (χ1n) is 9.02. The van der Waals surface area contributed by atoms with Gasteiger partial charge in [0.2, 0.25) is 9.84 Å². The highest BCUT2D eigenvalue weighted by Crippen LogP contribution is 2.56. The number of allylic oxidation sites excluding steroid dienone is 1. The third kappa shape index (κ3) is 4.56. The number of hydrogen-bond donors (Lipinski definition) is 0. The molecular formula is C19H27N2O5PS. The lowest BCUT2D eigenvalue weighted by Gasteiger charge is -2.47. The van der Waals surface area contributed by atoms with Gasteiger partial charge in [-0.1, -0.05) is 24.6 Å². The molecule has 7 nitrogen and oxygen atoms in total. The van der Waals surface area contributed by atoms with Gasteiger partial charge in [-0.05, 0) is 51.4 Å². The molecule has 154 valence electrons. The van der Waals surface area contributed by atoms with Crippen LogP contribution in [0, 0.1) is 11.3 Å². The van der Waals surface area contributed by atoms with Gasteiger partial charge in [-0.3, -0.25) is 9.46 Å². The summed E-state index contributed by atoms with van der Waals surface area (Å²) in [7, 11) is -5.26. The Morgan fingerprint density at radius 3 is 2.36 bits per heavy atom. The van der Waals surface area contributed by atoms with Gasteiger partial charge in [0.05, 0.1) is 4.90 Å². The van der Waals surface area contributed by atoms with Gasteiger partial charge in [0.25, 0.3) is 0 Å². The molecular weight excluding hydrogens is 399 g/mol. The Morgan fingerprint density at radius 2 is 1.86 bits per heavy atom. The molecule has 2 rings (SSSR count). The second-order valence-electron chi connectivity index (χ2n) is 7.24. The van der Waals surface area contributed by atoms with E-state index in [2.05, 4.69) is 0 Å². The predicted molar refractivity (Wildman–Crippen MR) is 107 cm³/mol. The molecule has 0 saturated carbocycles.